The van der Waals surface area contributed by atoms with Crippen LogP contribution in [0.5, 0.6) is 0 Å². The maximum Gasteiger partial charge on any atom is 1.00 e. The van der Waals surface area contributed by atoms with Crippen molar-refractivity contribution in [1.82, 2.24) is 11.0 Å². The predicted molar refractivity (Wildman–Crippen MR) is 48.1 cm³/mol. The summed E-state index contributed by atoms with van der Waals surface area (Å²) in [6.07, 6.45) is 0. The first kappa shape index (κ1) is 19.7. The van der Waals surface area contributed by atoms with Crippen LogP contribution < -0.4 is 114 Å². The Morgan fingerprint density at radius 1 is 0.812 bits per heavy atom. The Morgan fingerprint density at radius 2 is 1.06 bits per heavy atom. The molecule has 0 aromatic heterocycles. The number of amides is 2. The fraction of sp³-hybridized carbons (Fsp3) is 0. The van der Waals surface area contributed by atoms with E-state index < -0.39 is 11.8 Å². The third kappa shape index (κ3) is 5.80. The number of rotatable bonds is 2. The van der Waals surface area contributed by atoms with Gasteiger partial charge >= 0.3 is 103 Å². The first-order valence-electron chi connectivity index (χ1n) is 3.64. The summed E-state index contributed by atoms with van der Waals surface area (Å²) in [5.41, 5.74) is 2.64. The number of carbonyl (C=O) groups is 2. The molecular weight excluding hydrogens is 266 g/mol. The van der Waals surface area contributed by atoms with Crippen LogP contribution in [0.1, 0.15) is 20.7 Å². The molecule has 74 valence electrons. The summed E-state index contributed by atoms with van der Waals surface area (Å²) in [4.78, 5) is 21.6. The minimum Gasteiger partial charge on any atom is -0.759 e. The zero-order valence-electron chi connectivity index (χ0n) is 8.94. The van der Waals surface area contributed by atoms with Gasteiger partial charge in [0.2, 0.25) is 11.8 Å². The number of benzene rings is 1. The van der Waals surface area contributed by atoms with Crippen molar-refractivity contribution in [3.63, 3.8) is 0 Å². The van der Waals surface area contributed by atoms with Crippen molar-refractivity contribution in [1.29, 1.82) is 0 Å². The first-order valence-corrected chi connectivity index (χ1v) is 3.64. The molecule has 0 fully saturated rings. The second-order valence-electron chi connectivity index (χ2n) is 2.44. The molecule has 1 aromatic rings. The smallest absolute Gasteiger partial charge is 0.759 e. The Morgan fingerprint density at radius 3 is 1.25 bits per heavy atom. The fourth-order valence-electron chi connectivity index (χ4n) is 0.891. The summed E-state index contributed by atoms with van der Waals surface area (Å²) >= 11 is 0. The molecule has 0 bridgehead atoms. The molecule has 0 saturated heterocycles. The first-order chi connectivity index (χ1) is 6.69. The van der Waals surface area contributed by atoms with Gasteiger partial charge in [-0.05, 0) is 24.3 Å². The van der Waals surface area contributed by atoms with E-state index in [4.69, 9.17) is 0 Å². The largest absolute Gasteiger partial charge is 1.00 e. The average Bonchev–Trinajstić information content (AvgIpc) is 2.27. The number of carbonyl (C=O) groups excluding carboxylic acids is 2. The van der Waals surface area contributed by atoms with Crippen LogP contribution in [0.25, 0.3) is 0 Å². The molecule has 2 N–H and O–H groups in total. The van der Waals surface area contributed by atoms with Gasteiger partial charge in [0, 0.05) is 11.1 Å². The van der Waals surface area contributed by atoms with Crippen LogP contribution in [0.2, 0.25) is 0 Å². The van der Waals surface area contributed by atoms with Gasteiger partial charge in [0.25, 0.3) is 0 Å². The van der Waals surface area contributed by atoms with Crippen molar-refractivity contribution >= 4 is 11.8 Å². The maximum absolute atomic E-state index is 10.8. The van der Waals surface area contributed by atoms with Crippen molar-refractivity contribution in [3.05, 3.63) is 45.8 Å². The van der Waals surface area contributed by atoms with Crippen LogP contribution in [0, 0.1) is 10.4 Å². The van der Waals surface area contributed by atoms with E-state index in [1.807, 2.05) is 0 Å². The molecule has 0 aliphatic heterocycles. The fourth-order valence-corrected chi connectivity index (χ4v) is 0.891. The Kier molecular flexibility index (Phi) is 12.7. The molecule has 8 heteroatoms. The second-order valence-corrected chi connectivity index (χ2v) is 2.44. The zero-order valence-corrected chi connectivity index (χ0v) is 15.2. The predicted octanol–water partition coefficient (Wildman–Crippen LogP) is -5.85. The third-order valence-corrected chi connectivity index (χ3v) is 1.59. The molecule has 0 spiro atoms. The quantitative estimate of drug-likeness (QED) is 0.413. The standard InChI is InChI=1S/C8H6N2O4.2K/c11-7(9-13)5-1-2-6(4-3-5)8(12)10-14;;/h1-4H,(H2-2,9,10,11,12,13,14);;/q-2;2*+1. The van der Waals surface area contributed by atoms with E-state index >= 15 is 0 Å². The van der Waals surface area contributed by atoms with Crippen molar-refractivity contribution in [3.8, 4) is 0 Å². The van der Waals surface area contributed by atoms with E-state index in [-0.39, 0.29) is 114 Å². The van der Waals surface area contributed by atoms with Gasteiger partial charge in [0.1, 0.15) is 0 Å². The van der Waals surface area contributed by atoms with Crippen LogP contribution in [0.3, 0.4) is 0 Å². The molecular formula is C8H6K2N2O4. The van der Waals surface area contributed by atoms with E-state index in [9.17, 15) is 20.0 Å². The molecule has 0 aliphatic rings. The Bertz CT molecular complexity index is 321. The summed E-state index contributed by atoms with van der Waals surface area (Å²) < 4.78 is 0. The Labute approximate surface area is 177 Å². The van der Waals surface area contributed by atoms with Gasteiger partial charge in [-0.15, -0.1) is 0 Å². The van der Waals surface area contributed by atoms with Crippen LogP contribution in [0.15, 0.2) is 24.3 Å². The third-order valence-electron chi connectivity index (χ3n) is 1.59. The summed E-state index contributed by atoms with van der Waals surface area (Å²) in [5.74, 6) is -1.59. The van der Waals surface area contributed by atoms with Crippen LogP contribution in [-0.2, 0) is 0 Å². The van der Waals surface area contributed by atoms with E-state index in [1.54, 1.807) is 0 Å². The van der Waals surface area contributed by atoms with E-state index in [1.165, 1.54) is 35.2 Å². The zero-order chi connectivity index (χ0) is 10.6. The maximum atomic E-state index is 10.8. The topological polar surface area (TPSA) is 104 Å². The minimum absolute atomic E-state index is 0. The molecule has 16 heavy (non-hydrogen) atoms. The van der Waals surface area contributed by atoms with E-state index in [0.717, 1.165) is 0 Å². The Balaban J connectivity index is 0. The van der Waals surface area contributed by atoms with Crippen molar-refractivity contribution in [2.24, 2.45) is 0 Å². The van der Waals surface area contributed by atoms with Gasteiger partial charge < -0.3 is 21.4 Å². The molecule has 0 atom stereocenters. The van der Waals surface area contributed by atoms with Crippen molar-refractivity contribution in [2.45, 2.75) is 0 Å². The van der Waals surface area contributed by atoms with Gasteiger partial charge in [-0.3, -0.25) is 9.59 Å². The normalized spacial score (nSPS) is 8.12. The molecule has 1 aromatic carbocycles. The summed E-state index contributed by atoms with van der Waals surface area (Å²) in [6.45, 7) is 0. The van der Waals surface area contributed by atoms with Crippen LogP contribution >= 0.6 is 0 Å². The second kappa shape index (κ2) is 10.3. The van der Waals surface area contributed by atoms with E-state index in [2.05, 4.69) is 0 Å². The molecule has 2 amide bonds. The summed E-state index contributed by atoms with van der Waals surface area (Å²) in [7, 11) is 0. The van der Waals surface area contributed by atoms with Gasteiger partial charge in [-0.2, -0.15) is 0 Å². The van der Waals surface area contributed by atoms with E-state index in [0.29, 0.717) is 0 Å². The molecule has 0 radical (unpaired) electrons. The number of hydroxylamine groups is 2. The van der Waals surface area contributed by atoms with Gasteiger partial charge in [0.05, 0.1) is 0 Å². The number of hydrogen-bond acceptors (Lipinski definition) is 4. The van der Waals surface area contributed by atoms with Crippen LogP contribution in [-0.4, -0.2) is 11.8 Å². The monoisotopic (exact) mass is 272 g/mol. The van der Waals surface area contributed by atoms with Crippen molar-refractivity contribution in [2.75, 3.05) is 0 Å². The molecule has 6 nitrogen and oxygen atoms in total. The SMILES string of the molecule is O=C(N[O-])c1ccc(C(=O)N[O-])cc1.[K+].[K+]. The van der Waals surface area contributed by atoms with Gasteiger partial charge in [0.15, 0.2) is 0 Å². The molecule has 1 rings (SSSR count). The van der Waals surface area contributed by atoms with Crippen molar-refractivity contribution < 1.29 is 112 Å². The molecule has 0 saturated carbocycles. The molecule has 0 aliphatic carbocycles. The Hall–Kier alpha value is 1.35. The van der Waals surface area contributed by atoms with Gasteiger partial charge in [-0.1, -0.05) is 0 Å². The molecule has 0 unspecified atom stereocenters. The van der Waals surface area contributed by atoms with Crippen LogP contribution in [0.4, 0.5) is 0 Å². The summed E-state index contributed by atoms with van der Waals surface area (Å²) in [6, 6.07) is 5.10. The van der Waals surface area contributed by atoms with Gasteiger partial charge in [-0.25, -0.2) is 0 Å². The average molecular weight is 272 g/mol. The minimum atomic E-state index is -0.793. The molecule has 0 heterocycles. The summed E-state index contributed by atoms with van der Waals surface area (Å²) in [5, 5.41) is 20.0. The number of hydrogen-bond donors (Lipinski definition) is 2. The number of nitrogens with one attached hydrogen (secondary N) is 2.